The van der Waals surface area contributed by atoms with Crippen LogP contribution < -0.4 is 5.32 Å². The fraction of sp³-hybridized carbons (Fsp3) is 1.00. The van der Waals surface area contributed by atoms with Crippen molar-refractivity contribution in [3.05, 3.63) is 0 Å². The second-order valence-electron chi connectivity index (χ2n) is 4.06. The first-order chi connectivity index (χ1) is 5.99. The summed E-state index contributed by atoms with van der Waals surface area (Å²) in [6.45, 7) is 3.00. The van der Waals surface area contributed by atoms with E-state index in [1.807, 2.05) is 0 Å². The third-order valence-corrected chi connectivity index (χ3v) is 3.52. The van der Waals surface area contributed by atoms with E-state index in [0.29, 0.717) is 11.8 Å². The van der Waals surface area contributed by atoms with Crippen LogP contribution in [-0.2, 0) is 9.84 Å². The minimum absolute atomic E-state index is 0.303. The molecule has 0 aromatic rings. The normalized spacial score (nSPS) is 20.2. The van der Waals surface area contributed by atoms with Crippen LogP contribution in [0.15, 0.2) is 0 Å². The molecule has 13 heavy (non-hydrogen) atoms. The van der Waals surface area contributed by atoms with Gasteiger partial charge in [-0.15, -0.1) is 0 Å². The smallest absolute Gasteiger partial charge is 0.147 e. The van der Waals surface area contributed by atoms with E-state index in [4.69, 9.17) is 0 Å². The fourth-order valence-electron chi connectivity index (χ4n) is 1.43. The minimum atomic E-state index is -2.77. The van der Waals surface area contributed by atoms with Crippen molar-refractivity contribution in [3.8, 4) is 0 Å². The molecular weight excluding hydrogens is 186 g/mol. The Kier molecular flexibility index (Phi) is 3.74. The maximum atomic E-state index is 10.8. The highest BCUT2D eigenvalue weighted by molar-refractivity contribution is 7.90. The summed E-state index contributed by atoms with van der Waals surface area (Å²) in [4.78, 5) is 0. The third kappa shape index (κ3) is 5.26. The zero-order valence-electron chi connectivity index (χ0n) is 8.41. The molecule has 0 amide bonds. The van der Waals surface area contributed by atoms with Gasteiger partial charge in [0.05, 0.1) is 5.75 Å². The number of hydrogen-bond acceptors (Lipinski definition) is 3. The summed E-state index contributed by atoms with van der Waals surface area (Å²) in [5.41, 5.74) is 0. The molecular formula is C9H19NO2S. The Balaban J connectivity index is 2.00. The van der Waals surface area contributed by atoms with Gasteiger partial charge in [0.15, 0.2) is 0 Å². The predicted octanol–water partition coefficient (Wildman–Crippen LogP) is 0.809. The van der Waals surface area contributed by atoms with Crippen LogP contribution in [0.1, 0.15) is 26.2 Å². The van der Waals surface area contributed by atoms with Crippen molar-refractivity contribution in [2.24, 2.45) is 5.92 Å². The summed E-state index contributed by atoms with van der Waals surface area (Å²) in [6, 6.07) is 0.569. The van der Waals surface area contributed by atoms with Gasteiger partial charge in [0.25, 0.3) is 0 Å². The van der Waals surface area contributed by atoms with Crippen molar-refractivity contribution in [1.29, 1.82) is 0 Å². The van der Waals surface area contributed by atoms with Crippen LogP contribution in [0.3, 0.4) is 0 Å². The number of rotatable bonds is 6. The van der Waals surface area contributed by atoms with Crippen molar-refractivity contribution in [2.45, 2.75) is 32.2 Å². The maximum Gasteiger partial charge on any atom is 0.147 e. The van der Waals surface area contributed by atoms with Gasteiger partial charge < -0.3 is 5.32 Å². The highest BCUT2D eigenvalue weighted by Gasteiger charge is 2.27. The van der Waals surface area contributed by atoms with Gasteiger partial charge in [0.2, 0.25) is 0 Å². The number of sulfone groups is 1. The zero-order valence-corrected chi connectivity index (χ0v) is 9.23. The Morgan fingerprint density at radius 1 is 1.46 bits per heavy atom. The fourth-order valence-corrected chi connectivity index (χ4v) is 2.10. The molecule has 0 spiro atoms. The molecule has 1 aliphatic carbocycles. The van der Waals surface area contributed by atoms with Crippen molar-refractivity contribution >= 4 is 9.84 Å². The molecule has 78 valence electrons. The number of nitrogens with one attached hydrogen (secondary N) is 1. The lowest BCUT2D eigenvalue weighted by molar-refractivity contribution is 0.495. The molecule has 1 rings (SSSR count). The molecule has 4 heteroatoms. The largest absolute Gasteiger partial charge is 0.314 e. The Bertz CT molecular complexity index is 244. The van der Waals surface area contributed by atoms with Gasteiger partial charge in [-0.05, 0) is 38.6 Å². The lowest BCUT2D eigenvalue weighted by atomic mass is 10.2. The monoisotopic (exact) mass is 205 g/mol. The lowest BCUT2D eigenvalue weighted by Crippen LogP contribution is -2.29. The van der Waals surface area contributed by atoms with E-state index in [0.717, 1.165) is 18.9 Å². The molecule has 1 aliphatic rings. The van der Waals surface area contributed by atoms with Gasteiger partial charge in [-0.25, -0.2) is 8.42 Å². The summed E-state index contributed by atoms with van der Waals surface area (Å²) < 4.78 is 21.6. The molecule has 0 aromatic carbocycles. The SMILES string of the molecule is CC(NCCCS(C)(=O)=O)C1CC1. The van der Waals surface area contributed by atoms with Gasteiger partial charge in [-0.2, -0.15) is 0 Å². The quantitative estimate of drug-likeness (QED) is 0.653. The Morgan fingerprint density at radius 3 is 2.54 bits per heavy atom. The average molecular weight is 205 g/mol. The van der Waals surface area contributed by atoms with Crippen LogP contribution in [0, 0.1) is 5.92 Å². The molecule has 0 aromatic heterocycles. The van der Waals surface area contributed by atoms with Gasteiger partial charge in [-0.1, -0.05) is 0 Å². The van der Waals surface area contributed by atoms with E-state index in [-0.39, 0.29) is 0 Å². The van der Waals surface area contributed by atoms with E-state index in [1.54, 1.807) is 0 Å². The van der Waals surface area contributed by atoms with E-state index in [1.165, 1.54) is 19.1 Å². The van der Waals surface area contributed by atoms with Crippen molar-refractivity contribution in [1.82, 2.24) is 5.32 Å². The minimum Gasteiger partial charge on any atom is -0.314 e. The van der Waals surface area contributed by atoms with E-state index in [2.05, 4.69) is 12.2 Å². The van der Waals surface area contributed by atoms with Crippen LogP contribution in [0.25, 0.3) is 0 Å². The van der Waals surface area contributed by atoms with Gasteiger partial charge in [-0.3, -0.25) is 0 Å². The standard InChI is InChI=1S/C9H19NO2S/c1-8(9-4-5-9)10-6-3-7-13(2,11)12/h8-10H,3-7H2,1-2H3. The molecule has 0 saturated heterocycles. The molecule has 0 aliphatic heterocycles. The first-order valence-electron chi connectivity index (χ1n) is 4.90. The van der Waals surface area contributed by atoms with Gasteiger partial charge in [0, 0.05) is 12.3 Å². The highest BCUT2D eigenvalue weighted by Crippen LogP contribution is 2.32. The predicted molar refractivity (Wildman–Crippen MR) is 54.5 cm³/mol. The second kappa shape index (κ2) is 4.42. The third-order valence-electron chi connectivity index (χ3n) is 2.49. The molecule has 1 atom stereocenters. The highest BCUT2D eigenvalue weighted by atomic mass is 32.2. The molecule has 1 unspecified atom stereocenters. The van der Waals surface area contributed by atoms with E-state index < -0.39 is 9.84 Å². The summed E-state index contributed by atoms with van der Waals surface area (Å²) in [5, 5.41) is 3.35. The molecule has 1 fully saturated rings. The Morgan fingerprint density at radius 2 is 2.08 bits per heavy atom. The summed E-state index contributed by atoms with van der Waals surface area (Å²) in [6.07, 6.45) is 4.69. The number of hydrogen-bond donors (Lipinski definition) is 1. The van der Waals surface area contributed by atoms with Crippen molar-refractivity contribution < 1.29 is 8.42 Å². The molecule has 0 bridgehead atoms. The van der Waals surface area contributed by atoms with Crippen molar-refractivity contribution in [3.63, 3.8) is 0 Å². The zero-order chi connectivity index (χ0) is 9.90. The molecule has 0 heterocycles. The topological polar surface area (TPSA) is 46.2 Å². The van der Waals surface area contributed by atoms with Crippen LogP contribution >= 0.6 is 0 Å². The lowest BCUT2D eigenvalue weighted by Gasteiger charge is -2.11. The maximum absolute atomic E-state index is 10.8. The summed E-state index contributed by atoms with van der Waals surface area (Å²) in [7, 11) is -2.77. The Hall–Kier alpha value is -0.0900. The van der Waals surface area contributed by atoms with Crippen LogP contribution in [0.2, 0.25) is 0 Å². The van der Waals surface area contributed by atoms with E-state index >= 15 is 0 Å². The first kappa shape index (κ1) is 11.0. The Labute approximate surface area is 80.8 Å². The second-order valence-corrected chi connectivity index (χ2v) is 6.32. The first-order valence-corrected chi connectivity index (χ1v) is 6.96. The van der Waals surface area contributed by atoms with Gasteiger partial charge in [0.1, 0.15) is 9.84 Å². The van der Waals surface area contributed by atoms with Gasteiger partial charge >= 0.3 is 0 Å². The summed E-state index contributed by atoms with van der Waals surface area (Å²) >= 11 is 0. The van der Waals surface area contributed by atoms with Crippen LogP contribution in [0.4, 0.5) is 0 Å². The molecule has 1 saturated carbocycles. The van der Waals surface area contributed by atoms with Crippen LogP contribution in [-0.4, -0.2) is 33.0 Å². The summed E-state index contributed by atoms with van der Waals surface area (Å²) in [5.74, 6) is 1.15. The molecule has 3 nitrogen and oxygen atoms in total. The molecule has 0 radical (unpaired) electrons. The van der Waals surface area contributed by atoms with Crippen LogP contribution in [0.5, 0.6) is 0 Å². The average Bonchev–Trinajstić information content (AvgIpc) is 2.77. The van der Waals surface area contributed by atoms with E-state index in [9.17, 15) is 8.42 Å². The van der Waals surface area contributed by atoms with Crippen molar-refractivity contribution in [2.75, 3.05) is 18.6 Å². The molecule has 1 N–H and O–H groups in total.